The Hall–Kier alpha value is -0.610. The van der Waals surface area contributed by atoms with E-state index in [1.807, 2.05) is 0 Å². The van der Waals surface area contributed by atoms with Gasteiger partial charge < -0.3 is 10.6 Å². The van der Waals surface area contributed by atoms with Gasteiger partial charge in [0.25, 0.3) is 0 Å². The molecule has 1 atom stereocenters. The number of hydrogen-bond acceptors (Lipinski definition) is 3. The van der Waals surface area contributed by atoms with E-state index in [1.54, 1.807) is 0 Å². The van der Waals surface area contributed by atoms with E-state index in [-0.39, 0.29) is 5.91 Å². The molecular weight excluding hydrogens is 178 g/mol. The van der Waals surface area contributed by atoms with E-state index >= 15 is 0 Å². The third-order valence-corrected chi connectivity index (χ3v) is 3.01. The van der Waals surface area contributed by atoms with Crippen LogP contribution in [0.4, 0.5) is 0 Å². The fraction of sp³-hybridized carbons (Fsp3) is 0.900. The highest BCUT2D eigenvalue weighted by Gasteiger charge is 2.22. The van der Waals surface area contributed by atoms with Crippen molar-refractivity contribution in [2.24, 2.45) is 5.73 Å². The first-order chi connectivity index (χ1) is 6.63. The first-order valence-electron chi connectivity index (χ1n) is 5.34. The van der Waals surface area contributed by atoms with Gasteiger partial charge in [0, 0.05) is 38.6 Å². The van der Waals surface area contributed by atoms with Gasteiger partial charge in [0.1, 0.15) is 0 Å². The Labute approximate surface area is 86.0 Å². The maximum Gasteiger partial charge on any atom is 0.218 e. The summed E-state index contributed by atoms with van der Waals surface area (Å²) < 4.78 is 0. The second-order valence-electron chi connectivity index (χ2n) is 4.06. The lowest BCUT2D eigenvalue weighted by Gasteiger charge is -2.39. The molecule has 1 unspecified atom stereocenters. The zero-order chi connectivity index (χ0) is 10.6. The SMILES string of the molecule is CCC1CN(CCC(N)=O)CCN1C. The number of carbonyl (C=O) groups excluding carboxylic acids is 1. The highest BCUT2D eigenvalue weighted by atomic mass is 16.1. The molecule has 0 aromatic carbocycles. The lowest BCUT2D eigenvalue weighted by molar-refractivity contribution is -0.118. The van der Waals surface area contributed by atoms with Crippen LogP contribution in [0.1, 0.15) is 19.8 Å². The molecule has 1 rings (SSSR count). The van der Waals surface area contributed by atoms with Crippen molar-refractivity contribution in [3.63, 3.8) is 0 Å². The van der Waals surface area contributed by atoms with Gasteiger partial charge in [-0.1, -0.05) is 6.92 Å². The van der Waals surface area contributed by atoms with Gasteiger partial charge in [-0.3, -0.25) is 9.69 Å². The molecule has 1 heterocycles. The van der Waals surface area contributed by atoms with Crippen LogP contribution < -0.4 is 5.73 Å². The molecule has 1 aliphatic heterocycles. The highest BCUT2D eigenvalue weighted by molar-refractivity contribution is 5.73. The van der Waals surface area contributed by atoms with Crippen molar-refractivity contribution in [1.82, 2.24) is 9.80 Å². The fourth-order valence-corrected chi connectivity index (χ4v) is 1.92. The zero-order valence-electron chi connectivity index (χ0n) is 9.20. The number of amides is 1. The van der Waals surface area contributed by atoms with Gasteiger partial charge in [0.05, 0.1) is 0 Å². The normalized spacial score (nSPS) is 25.1. The Morgan fingerprint density at radius 1 is 1.50 bits per heavy atom. The van der Waals surface area contributed by atoms with Crippen molar-refractivity contribution in [3.8, 4) is 0 Å². The maximum atomic E-state index is 10.6. The molecule has 0 radical (unpaired) electrons. The number of hydrogen-bond donors (Lipinski definition) is 1. The Morgan fingerprint density at radius 2 is 2.21 bits per heavy atom. The van der Waals surface area contributed by atoms with Crippen molar-refractivity contribution < 1.29 is 4.79 Å². The Balaban J connectivity index is 2.31. The molecule has 14 heavy (non-hydrogen) atoms. The van der Waals surface area contributed by atoms with Crippen LogP contribution in [0.5, 0.6) is 0 Å². The van der Waals surface area contributed by atoms with E-state index in [0.29, 0.717) is 12.5 Å². The Morgan fingerprint density at radius 3 is 2.79 bits per heavy atom. The molecule has 1 saturated heterocycles. The quantitative estimate of drug-likeness (QED) is 0.687. The maximum absolute atomic E-state index is 10.6. The van der Waals surface area contributed by atoms with Crippen LogP contribution in [-0.4, -0.2) is 55.0 Å². The minimum Gasteiger partial charge on any atom is -0.370 e. The molecule has 0 saturated carbocycles. The van der Waals surface area contributed by atoms with Gasteiger partial charge in [-0.2, -0.15) is 0 Å². The summed E-state index contributed by atoms with van der Waals surface area (Å²) in [5, 5.41) is 0. The molecular formula is C10H21N3O. The van der Waals surface area contributed by atoms with Crippen LogP contribution in [0.25, 0.3) is 0 Å². The largest absolute Gasteiger partial charge is 0.370 e. The number of nitrogens with zero attached hydrogens (tertiary/aromatic N) is 2. The van der Waals surface area contributed by atoms with Crippen molar-refractivity contribution in [2.75, 3.05) is 33.2 Å². The van der Waals surface area contributed by atoms with Crippen LogP contribution >= 0.6 is 0 Å². The average molecular weight is 199 g/mol. The number of piperazine rings is 1. The van der Waals surface area contributed by atoms with Crippen LogP contribution in [0.15, 0.2) is 0 Å². The summed E-state index contributed by atoms with van der Waals surface area (Å²) in [5.74, 6) is -0.197. The van der Waals surface area contributed by atoms with E-state index in [4.69, 9.17) is 5.73 Å². The number of rotatable bonds is 4. The average Bonchev–Trinajstić information content (AvgIpc) is 2.16. The first-order valence-corrected chi connectivity index (χ1v) is 5.34. The van der Waals surface area contributed by atoms with E-state index in [2.05, 4.69) is 23.8 Å². The summed E-state index contributed by atoms with van der Waals surface area (Å²) in [6, 6.07) is 0.636. The number of carbonyl (C=O) groups is 1. The van der Waals surface area contributed by atoms with Gasteiger partial charge in [-0.15, -0.1) is 0 Å². The molecule has 0 aliphatic carbocycles. The fourth-order valence-electron chi connectivity index (χ4n) is 1.92. The second kappa shape index (κ2) is 5.32. The minimum absolute atomic E-state index is 0.197. The molecule has 2 N–H and O–H groups in total. The van der Waals surface area contributed by atoms with E-state index in [0.717, 1.165) is 26.2 Å². The van der Waals surface area contributed by atoms with Crippen LogP contribution in [0, 0.1) is 0 Å². The van der Waals surface area contributed by atoms with E-state index in [9.17, 15) is 4.79 Å². The molecule has 0 spiro atoms. The summed E-state index contributed by atoms with van der Waals surface area (Å²) in [6.45, 7) is 6.25. The minimum atomic E-state index is -0.197. The molecule has 0 bridgehead atoms. The van der Waals surface area contributed by atoms with Crippen LogP contribution in [0.2, 0.25) is 0 Å². The predicted octanol–water partition coefficient (Wildman–Crippen LogP) is -0.112. The Bertz CT molecular complexity index is 196. The summed E-state index contributed by atoms with van der Waals surface area (Å²) in [4.78, 5) is 15.4. The number of primary amides is 1. The van der Waals surface area contributed by atoms with Gasteiger partial charge in [0.15, 0.2) is 0 Å². The van der Waals surface area contributed by atoms with Crippen molar-refractivity contribution in [2.45, 2.75) is 25.8 Å². The zero-order valence-corrected chi connectivity index (χ0v) is 9.20. The molecule has 1 fully saturated rings. The first kappa shape index (κ1) is 11.5. The number of nitrogens with two attached hydrogens (primary N) is 1. The Kier molecular flexibility index (Phi) is 4.35. The van der Waals surface area contributed by atoms with Crippen molar-refractivity contribution in [1.29, 1.82) is 0 Å². The molecule has 4 heteroatoms. The molecule has 1 amide bonds. The van der Waals surface area contributed by atoms with Gasteiger partial charge in [-0.05, 0) is 13.5 Å². The summed E-state index contributed by atoms with van der Waals surface area (Å²) >= 11 is 0. The molecule has 1 aliphatic rings. The summed E-state index contributed by atoms with van der Waals surface area (Å²) in [5.41, 5.74) is 5.13. The van der Waals surface area contributed by atoms with Crippen molar-refractivity contribution in [3.05, 3.63) is 0 Å². The number of likely N-dealkylation sites (N-methyl/N-ethyl adjacent to an activating group) is 1. The predicted molar refractivity (Wildman–Crippen MR) is 57.0 cm³/mol. The second-order valence-corrected chi connectivity index (χ2v) is 4.06. The van der Waals surface area contributed by atoms with Crippen molar-refractivity contribution >= 4 is 5.91 Å². The van der Waals surface area contributed by atoms with E-state index in [1.165, 1.54) is 6.42 Å². The molecule has 4 nitrogen and oxygen atoms in total. The monoisotopic (exact) mass is 199 g/mol. The van der Waals surface area contributed by atoms with Gasteiger partial charge in [0.2, 0.25) is 5.91 Å². The van der Waals surface area contributed by atoms with E-state index < -0.39 is 0 Å². The summed E-state index contributed by atoms with van der Waals surface area (Å²) in [6.07, 6.45) is 1.66. The summed E-state index contributed by atoms with van der Waals surface area (Å²) in [7, 11) is 2.17. The standard InChI is InChI=1S/C10H21N3O/c1-3-9-8-13(5-4-10(11)14)7-6-12(9)2/h9H,3-8H2,1-2H3,(H2,11,14). The molecule has 0 aromatic rings. The smallest absolute Gasteiger partial charge is 0.218 e. The van der Waals surface area contributed by atoms with Crippen LogP contribution in [-0.2, 0) is 4.79 Å². The third kappa shape index (κ3) is 3.27. The topological polar surface area (TPSA) is 49.6 Å². The third-order valence-electron chi connectivity index (χ3n) is 3.01. The van der Waals surface area contributed by atoms with Crippen LogP contribution in [0.3, 0.4) is 0 Å². The van der Waals surface area contributed by atoms with Gasteiger partial charge >= 0.3 is 0 Å². The lowest BCUT2D eigenvalue weighted by atomic mass is 10.1. The van der Waals surface area contributed by atoms with Gasteiger partial charge in [-0.25, -0.2) is 0 Å². The highest BCUT2D eigenvalue weighted by Crippen LogP contribution is 2.10. The lowest BCUT2D eigenvalue weighted by Crippen LogP contribution is -2.51. The molecule has 82 valence electrons. The molecule has 0 aromatic heterocycles.